The second-order valence-electron chi connectivity index (χ2n) is 6.16. The molecule has 0 aliphatic heterocycles. The molecule has 1 fully saturated rings. The van der Waals surface area contributed by atoms with E-state index in [9.17, 15) is 10.1 Å². The summed E-state index contributed by atoms with van der Waals surface area (Å²) in [6.45, 7) is 4.20. The molecule has 1 saturated carbocycles. The maximum Gasteiger partial charge on any atom is 0.269 e. The monoisotopic (exact) mass is 327 g/mol. The molecular formula is C17H21N5O2. The maximum absolute atomic E-state index is 10.7. The van der Waals surface area contributed by atoms with Gasteiger partial charge in [-0.25, -0.2) is 4.98 Å². The Morgan fingerprint density at radius 3 is 2.58 bits per heavy atom. The normalized spacial score (nSPS) is 14.9. The van der Waals surface area contributed by atoms with Crippen LogP contribution in [-0.2, 0) is 0 Å². The van der Waals surface area contributed by atoms with Crippen molar-refractivity contribution in [1.29, 1.82) is 0 Å². The Morgan fingerprint density at radius 1 is 1.29 bits per heavy atom. The molecule has 1 atom stereocenters. The zero-order valence-corrected chi connectivity index (χ0v) is 13.8. The second-order valence-corrected chi connectivity index (χ2v) is 6.16. The van der Waals surface area contributed by atoms with Crippen molar-refractivity contribution in [3.05, 3.63) is 46.1 Å². The molecule has 1 aliphatic carbocycles. The van der Waals surface area contributed by atoms with Gasteiger partial charge in [0.05, 0.1) is 10.6 Å². The molecule has 2 aromatic rings. The molecule has 7 nitrogen and oxygen atoms in total. The fourth-order valence-corrected chi connectivity index (χ4v) is 2.32. The van der Waals surface area contributed by atoms with Crippen molar-refractivity contribution >= 4 is 23.1 Å². The van der Waals surface area contributed by atoms with Crippen LogP contribution in [0.3, 0.4) is 0 Å². The third kappa shape index (κ3) is 3.98. The molecule has 0 amide bonds. The summed E-state index contributed by atoms with van der Waals surface area (Å²) in [7, 11) is 0. The lowest BCUT2D eigenvalue weighted by atomic mass is 10.2. The predicted molar refractivity (Wildman–Crippen MR) is 93.8 cm³/mol. The fraction of sp³-hybridized carbons (Fsp3) is 0.412. The van der Waals surface area contributed by atoms with Gasteiger partial charge < -0.3 is 10.6 Å². The summed E-state index contributed by atoms with van der Waals surface area (Å²) in [6, 6.07) is 8.57. The number of nitrogens with zero attached hydrogens (tertiary/aromatic N) is 3. The Bertz CT molecular complexity index is 728. The summed E-state index contributed by atoms with van der Waals surface area (Å²) in [4.78, 5) is 19.4. The van der Waals surface area contributed by atoms with Crippen molar-refractivity contribution in [3.8, 4) is 0 Å². The number of aromatic nitrogens is 2. The molecule has 2 N–H and O–H groups in total. The standard InChI is InChI=1S/C17H21N5O2/c1-3-11(2)18-17-20-15(12-4-5-12)10-16(21-17)19-13-6-8-14(9-7-13)22(23)24/h6-12H,3-5H2,1-2H3,(H2,18,19,20,21)/t11-/m1/s1. The van der Waals surface area contributed by atoms with Gasteiger partial charge in [-0.1, -0.05) is 6.92 Å². The van der Waals surface area contributed by atoms with Crippen LogP contribution >= 0.6 is 0 Å². The number of non-ortho nitro benzene ring substituents is 1. The van der Waals surface area contributed by atoms with Gasteiger partial charge in [0.15, 0.2) is 0 Å². The second kappa shape index (κ2) is 6.82. The highest BCUT2D eigenvalue weighted by molar-refractivity contribution is 5.59. The molecule has 3 rings (SSSR count). The number of nitro benzene ring substituents is 1. The summed E-state index contributed by atoms with van der Waals surface area (Å²) in [6.07, 6.45) is 3.32. The third-order valence-corrected chi connectivity index (χ3v) is 4.08. The predicted octanol–water partition coefficient (Wildman–Crippen LogP) is 4.22. The number of benzene rings is 1. The van der Waals surface area contributed by atoms with Crippen LogP contribution in [0.1, 0.15) is 44.7 Å². The number of anilines is 3. The van der Waals surface area contributed by atoms with E-state index in [1.54, 1.807) is 12.1 Å². The van der Waals surface area contributed by atoms with E-state index in [1.165, 1.54) is 12.1 Å². The van der Waals surface area contributed by atoms with E-state index in [0.717, 1.165) is 30.6 Å². The van der Waals surface area contributed by atoms with E-state index in [2.05, 4.69) is 34.4 Å². The third-order valence-electron chi connectivity index (χ3n) is 4.08. The minimum Gasteiger partial charge on any atom is -0.352 e. The zero-order chi connectivity index (χ0) is 17.1. The highest BCUT2D eigenvalue weighted by Gasteiger charge is 2.26. The summed E-state index contributed by atoms with van der Waals surface area (Å²) in [5, 5.41) is 17.3. The van der Waals surface area contributed by atoms with Crippen LogP contribution in [0.5, 0.6) is 0 Å². The van der Waals surface area contributed by atoms with Crippen LogP contribution in [0.25, 0.3) is 0 Å². The average molecular weight is 327 g/mol. The molecule has 7 heteroatoms. The number of hydrogen-bond donors (Lipinski definition) is 2. The molecule has 0 radical (unpaired) electrons. The van der Waals surface area contributed by atoms with E-state index in [0.29, 0.717) is 23.7 Å². The Balaban J connectivity index is 1.81. The van der Waals surface area contributed by atoms with Crippen LogP contribution in [0.2, 0.25) is 0 Å². The van der Waals surface area contributed by atoms with Gasteiger partial charge >= 0.3 is 0 Å². The van der Waals surface area contributed by atoms with Crippen molar-refractivity contribution < 1.29 is 4.92 Å². The molecule has 24 heavy (non-hydrogen) atoms. The molecule has 0 spiro atoms. The Morgan fingerprint density at radius 2 is 2.00 bits per heavy atom. The fourth-order valence-electron chi connectivity index (χ4n) is 2.32. The lowest BCUT2D eigenvalue weighted by Crippen LogP contribution is -2.16. The first-order valence-corrected chi connectivity index (χ1v) is 8.22. The van der Waals surface area contributed by atoms with Crippen molar-refractivity contribution in [2.24, 2.45) is 0 Å². The van der Waals surface area contributed by atoms with E-state index >= 15 is 0 Å². The van der Waals surface area contributed by atoms with Gasteiger partial charge in [0.25, 0.3) is 5.69 Å². The lowest BCUT2D eigenvalue weighted by molar-refractivity contribution is -0.384. The maximum atomic E-state index is 10.7. The Hall–Kier alpha value is -2.70. The average Bonchev–Trinajstić information content (AvgIpc) is 3.40. The summed E-state index contributed by atoms with van der Waals surface area (Å²) in [5.74, 6) is 1.84. The van der Waals surface area contributed by atoms with Crippen LogP contribution in [0.15, 0.2) is 30.3 Å². The number of nitrogens with one attached hydrogen (secondary N) is 2. The van der Waals surface area contributed by atoms with E-state index < -0.39 is 4.92 Å². The summed E-state index contributed by atoms with van der Waals surface area (Å²) < 4.78 is 0. The van der Waals surface area contributed by atoms with Crippen molar-refractivity contribution in [2.75, 3.05) is 10.6 Å². The summed E-state index contributed by atoms with van der Waals surface area (Å²) in [5.41, 5.74) is 1.87. The molecule has 1 aromatic heterocycles. The largest absolute Gasteiger partial charge is 0.352 e. The molecule has 0 saturated heterocycles. The van der Waals surface area contributed by atoms with Crippen LogP contribution in [-0.4, -0.2) is 20.9 Å². The number of hydrogen-bond acceptors (Lipinski definition) is 6. The van der Waals surface area contributed by atoms with E-state index in [-0.39, 0.29) is 5.69 Å². The first kappa shape index (κ1) is 16.2. The van der Waals surface area contributed by atoms with Crippen LogP contribution in [0.4, 0.5) is 23.1 Å². The minimum absolute atomic E-state index is 0.0704. The molecule has 1 heterocycles. The molecule has 0 bridgehead atoms. The van der Waals surface area contributed by atoms with Gasteiger partial charge in [-0.15, -0.1) is 0 Å². The Labute approximate surface area is 140 Å². The van der Waals surface area contributed by atoms with Gasteiger partial charge in [0.1, 0.15) is 5.82 Å². The van der Waals surface area contributed by atoms with Gasteiger partial charge in [0, 0.05) is 35.8 Å². The molecule has 0 unspecified atom stereocenters. The number of rotatable bonds is 7. The number of nitro groups is 1. The van der Waals surface area contributed by atoms with Gasteiger partial charge in [-0.05, 0) is 38.3 Å². The first-order valence-electron chi connectivity index (χ1n) is 8.22. The first-order chi connectivity index (χ1) is 11.5. The van der Waals surface area contributed by atoms with Gasteiger partial charge in [-0.2, -0.15) is 4.98 Å². The highest BCUT2D eigenvalue weighted by Crippen LogP contribution is 2.40. The molecule has 1 aliphatic rings. The molecule has 1 aromatic carbocycles. The van der Waals surface area contributed by atoms with E-state index in [1.807, 2.05) is 6.07 Å². The van der Waals surface area contributed by atoms with E-state index in [4.69, 9.17) is 0 Å². The Kier molecular flexibility index (Phi) is 4.59. The minimum atomic E-state index is -0.409. The van der Waals surface area contributed by atoms with Gasteiger partial charge in [-0.3, -0.25) is 10.1 Å². The topological polar surface area (TPSA) is 93.0 Å². The van der Waals surface area contributed by atoms with Crippen molar-refractivity contribution in [3.63, 3.8) is 0 Å². The highest BCUT2D eigenvalue weighted by atomic mass is 16.6. The lowest BCUT2D eigenvalue weighted by Gasteiger charge is -2.14. The van der Waals surface area contributed by atoms with Crippen molar-refractivity contribution in [1.82, 2.24) is 9.97 Å². The molecular weight excluding hydrogens is 306 g/mol. The smallest absolute Gasteiger partial charge is 0.269 e. The summed E-state index contributed by atoms with van der Waals surface area (Å²) >= 11 is 0. The van der Waals surface area contributed by atoms with Crippen molar-refractivity contribution in [2.45, 2.75) is 45.1 Å². The zero-order valence-electron chi connectivity index (χ0n) is 13.8. The SMILES string of the molecule is CC[C@@H](C)Nc1nc(Nc2ccc([N+](=O)[O-])cc2)cc(C2CC2)n1. The quantitative estimate of drug-likeness (QED) is 0.584. The van der Waals surface area contributed by atoms with Gasteiger partial charge in [0.2, 0.25) is 5.95 Å². The van der Waals surface area contributed by atoms with Crippen LogP contribution in [0, 0.1) is 10.1 Å². The molecule has 126 valence electrons. The van der Waals surface area contributed by atoms with Crippen LogP contribution < -0.4 is 10.6 Å².